The minimum Gasteiger partial charge on any atom is -0.481 e. The van der Waals surface area contributed by atoms with E-state index >= 15 is 0 Å². The van der Waals surface area contributed by atoms with Crippen molar-refractivity contribution in [1.82, 2.24) is 10.2 Å². The fraction of sp³-hybridized carbons (Fsp3) is 0.769. The smallest absolute Gasteiger partial charge is 0.305 e. The average Bonchev–Trinajstić information content (AvgIpc) is 3.25. The van der Waals surface area contributed by atoms with Crippen LogP contribution in [-0.2, 0) is 19.1 Å². The van der Waals surface area contributed by atoms with Gasteiger partial charge >= 0.3 is 17.9 Å². The van der Waals surface area contributed by atoms with E-state index in [1.54, 1.807) is 0 Å². The molecule has 0 saturated carbocycles. The molecule has 0 unspecified atom stereocenters. The third-order valence-electron chi connectivity index (χ3n) is 8.99. The highest BCUT2D eigenvalue weighted by Crippen LogP contribution is 2.29. The van der Waals surface area contributed by atoms with Crippen LogP contribution in [0.2, 0.25) is 0 Å². The first-order chi connectivity index (χ1) is 23.4. The molecule has 0 aromatic rings. The van der Waals surface area contributed by atoms with Crippen LogP contribution < -0.4 is 5.32 Å². The second-order valence-corrected chi connectivity index (χ2v) is 13.2. The van der Waals surface area contributed by atoms with Gasteiger partial charge < -0.3 is 30.3 Å². The Balaban J connectivity index is 2.39. The number of esters is 1. The third-order valence-corrected chi connectivity index (χ3v) is 8.99. The van der Waals surface area contributed by atoms with E-state index in [1.807, 2.05) is 12.3 Å². The minimum absolute atomic E-state index is 0.0889. The lowest BCUT2D eigenvalue weighted by molar-refractivity contribution is -0.144. The largest absolute Gasteiger partial charge is 0.481 e. The number of aliphatic hydroxyl groups excluding tert-OH is 1. The van der Waals surface area contributed by atoms with E-state index in [0.717, 1.165) is 83.0 Å². The molecular formula is C39H68N2O7. The lowest BCUT2D eigenvalue weighted by Crippen LogP contribution is -2.29. The van der Waals surface area contributed by atoms with Gasteiger partial charge in [0.05, 0.1) is 13.2 Å². The molecule has 0 saturated heterocycles. The Hall–Kier alpha value is -2.65. The third kappa shape index (κ3) is 24.5. The number of nitrogens with zero attached hydrogens (tertiary/aromatic N) is 1. The van der Waals surface area contributed by atoms with Crippen molar-refractivity contribution in [1.29, 1.82) is 0 Å². The molecule has 0 aromatic carbocycles. The van der Waals surface area contributed by atoms with Gasteiger partial charge in [-0.3, -0.25) is 14.4 Å². The van der Waals surface area contributed by atoms with Crippen molar-refractivity contribution >= 4 is 17.9 Å². The van der Waals surface area contributed by atoms with Crippen LogP contribution in [0.25, 0.3) is 0 Å². The quantitative estimate of drug-likeness (QED) is 0.0398. The Morgan fingerprint density at radius 1 is 0.667 bits per heavy atom. The molecule has 4 N–H and O–H groups in total. The average molecular weight is 677 g/mol. The number of carbonyl (C=O) groups is 3. The van der Waals surface area contributed by atoms with Crippen LogP contribution in [0.1, 0.15) is 161 Å². The summed E-state index contributed by atoms with van der Waals surface area (Å²) in [6.45, 7) is 5.11. The van der Waals surface area contributed by atoms with Crippen LogP contribution in [0.3, 0.4) is 0 Å². The van der Waals surface area contributed by atoms with Gasteiger partial charge in [0.1, 0.15) is 0 Å². The van der Waals surface area contributed by atoms with Crippen LogP contribution in [0.15, 0.2) is 35.2 Å². The number of allylic oxidation sites excluding steroid dienone is 5. The van der Waals surface area contributed by atoms with Crippen LogP contribution >= 0.6 is 0 Å². The maximum Gasteiger partial charge on any atom is 0.305 e. The molecule has 1 heterocycles. The molecule has 1 rings (SSSR count). The van der Waals surface area contributed by atoms with Crippen LogP contribution in [-0.4, -0.2) is 71.0 Å². The summed E-state index contributed by atoms with van der Waals surface area (Å²) < 4.78 is 5.46. The summed E-state index contributed by atoms with van der Waals surface area (Å²) in [4.78, 5) is 36.5. The second-order valence-electron chi connectivity index (χ2n) is 13.2. The lowest BCUT2D eigenvalue weighted by Gasteiger charge is -2.22. The summed E-state index contributed by atoms with van der Waals surface area (Å²) in [5, 5.41) is 31.1. The standard InChI is InChI=1S/C39H68N2O7/c1-2-3-4-5-6-7-8-9-10-11-18-33-48-39(47)27-16-17-29-41(31-32-42)30-20-22-34-21-19-28-40-36(24-13-15-26-38(45)46)35(34)23-12-14-25-37(43)44/h19,21,28,40,42H,2-18,20,22-27,29-33H2,1H3,(H,43,44)(H,45,46). The number of carboxylic acids is 2. The first kappa shape index (κ1) is 43.4. The molecule has 9 nitrogen and oxygen atoms in total. The summed E-state index contributed by atoms with van der Waals surface area (Å²) >= 11 is 0. The van der Waals surface area contributed by atoms with Crippen LogP contribution in [0, 0.1) is 0 Å². The molecule has 0 spiro atoms. The Labute approximate surface area is 291 Å². The maximum absolute atomic E-state index is 12.2. The molecule has 0 radical (unpaired) electrons. The zero-order chi connectivity index (χ0) is 35.1. The first-order valence-electron chi connectivity index (χ1n) is 19.1. The number of rotatable bonds is 33. The van der Waals surface area contributed by atoms with Gasteiger partial charge in [-0.15, -0.1) is 0 Å². The highest BCUT2D eigenvalue weighted by Gasteiger charge is 2.15. The predicted octanol–water partition coefficient (Wildman–Crippen LogP) is 8.67. The van der Waals surface area contributed by atoms with Gasteiger partial charge in [0.2, 0.25) is 0 Å². The molecule has 1 aliphatic rings. The van der Waals surface area contributed by atoms with Gasteiger partial charge in [-0.1, -0.05) is 77.2 Å². The molecular weight excluding hydrogens is 608 g/mol. The lowest BCUT2D eigenvalue weighted by atomic mass is 9.92. The Bertz CT molecular complexity index is 960. The van der Waals surface area contributed by atoms with Crippen molar-refractivity contribution in [2.75, 3.05) is 32.8 Å². The number of unbranched alkanes of at least 4 members (excludes halogenated alkanes) is 13. The highest BCUT2D eigenvalue weighted by atomic mass is 16.5. The summed E-state index contributed by atoms with van der Waals surface area (Å²) in [5.74, 6) is -1.68. The van der Waals surface area contributed by atoms with Crippen LogP contribution in [0.4, 0.5) is 0 Å². The Morgan fingerprint density at radius 2 is 1.25 bits per heavy atom. The molecule has 1 aliphatic heterocycles. The van der Waals surface area contributed by atoms with E-state index in [2.05, 4.69) is 23.2 Å². The van der Waals surface area contributed by atoms with E-state index in [9.17, 15) is 19.5 Å². The zero-order valence-corrected chi connectivity index (χ0v) is 30.2. The van der Waals surface area contributed by atoms with E-state index in [1.165, 1.54) is 68.9 Å². The number of aliphatic hydroxyl groups is 1. The molecule has 0 amide bonds. The molecule has 0 atom stereocenters. The van der Waals surface area contributed by atoms with E-state index in [-0.39, 0.29) is 25.4 Å². The number of carbonyl (C=O) groups excluding carboxylic acids is 1. The zero-order valence-electron chi connectivity index (χ0n) is 30.2. The first-order valence-corrected chi connectivity index (χ1v) is 19.1. The highest BCUT2D eigenvalue weighted by molar-refractivity contribution is 5.69. The van der Waals surface area contributed by atoms with Crippen molar-refractivity contribution in [2.24, 2.45) is 0 Å². The molecule has 48 heavy (non-hydrogen) atoms. The van der Waals surface area contributed by atoms with Crippen molar-refractivity contribution in [2.45, 2.75) is 161 Å². The van der Waals surface area contributed by atoms with Crippen molar-refractivity contribution < 1.29 is 34.4 Å². The van der Waals surface area contributed by atoms with Gasteiger partial charge in [-0.05, 0) is 101 Å². The normalized spacial score (nSPS) is 13.0. The van der Waals surface area contributed by atoms with Gasteiger partial charge in [0, 0.05) is 37.7 Å². The molecule has 0 bridgehead atoms. The van der Waals surface area contributed by atoms with E-state index in [4.69, 9.17) is 14.9 Å². The summed E-state index contributed by atoms with van der Waals surface area (Å²) in [6, 6.07) is 0. The SMILES string of the molecule is CCCCCCCCCCCCCOC(=O)CCCCN(CCO)CCCC1=CC=CNC(CCCCC(=O)O)=C1CCCCC(=O)O. The number of hydrogen-bond acceptors (Lipinski definition) is 7. The van der Waals surface area contributed by atoms with Gasteiger partial charge in [-0.25, -0.2) is 0 Å². The fourth-order valence-electron chi connectivity index (χ4n) is 6.22. The topological polar surface area (TPSA) is 136 Å². The molecule has 9 heteroatoms. The number of carboxylic acid groups (broad SMARTS) is 2. The number of nitrogens with one attached hydrogen (secondary N) is 1. The maximum atomic E-state index is 12.2. The van der Waals surface area contributed by atoms with Crippen molar-refractivity contribution in [3.05, 3.63) is 35.2 Å². The minimum atomic E-state index is -0.783. The van der Waals surface area contributed by atoms with Gasteiger partial charge in [0.15, 0.2) is 0 Å². The number of hydrogen-bond donors (Lipinski definition) is 4. The van der Waals surface area contributed by atoms with Crippen molar-refractivity contribution in [3.8, 4) is 0 Å². The monoisotopic (exact) mass is 677 g/mol. The van der Waals surface area contributed by atoms with Crippen LogP contribution in [0.5, 0.6) is 0 Å². The van der Waals surface area contributed by atoms with E-state index in [0.29, 0.717) is 32.4 Å². The predicted molar refractivity (Wildman–Crippen MR) is 194 cm³/mol. The molecule has 0 aliphatic carbocycles. The number of aliphatic carboxylic acids is 2. The number of ether oxygens (including phenoxy) is 1. The second kappa shape index (κ2) is 30.4. The van der Waals surface area contributed by atoms with Gasteiger partial charge in [0.25, 0.3) is 0 Å². The Kier molecular flexibility index (Phi) is 27.5. The Morgan fingerprint density at radius 3 is 1.88 bits per heavy atom. The summed E-state index contributed by atoms with van der Waals surface area (Å²) in [6.07, 6.45) is 28.5. The molecule has 276 valence electrons. The molecule has 0 aromatic heterocycles. The molecule has 0 fully saturated rings. The van der Waals surface area contributed by atoms with E-state index < -0.39 is 11.9 Å². The summed E-state index contributed by atoms with van der Waals surface area (Å²) in [7, 11) is 0. The summed E-state index contributed by atoms with van der Waals surface area (Å²) in [5.41, 5.74) is 3.53. The van der Waals surface area contributed by atoms with Crippen molar-refractivity contribution in [3.63, 3.8) is 0 Å². The fourth-order valence-corrected chi connectivity index (χ4v) is 6.22. The van der Waals surface area contributed by atoms with Gasteiger partial charge in [-0.2, -0.15) is 0 Å².